The Labute approximate surface area is 126 Å². The monoisotopic (exact) mass is 302 g/mol. The Morgan fingerprint density at radius 1 is 1.27 bits per heavy atom. The van der Waals surface area contributed by atoms with E-state index in [9.17, 15) is 14.0 Å². The van der Waals surface area contributed by atoms with Gasteiger partial charge in [-0.15, -0.1) is 0 Å². The zero-order valence-electron chi connectivity index (χ0n) is 11.7. The number of aryl methyl sites for hydroxylation is 2. The Morgan fingerprint density at radius 2 is 2.00 bits per heavy atom. The fourth-order valence-corrected chi connectivity index (χ4v) is 1.96. The highest BCUT2D eigenvalue weighted by Crippen LogP contribution is 2.05. The average Bonchev–Trinajstić information content (AvgIpc) is 2.54. The molecule has 2 rings (SSSR count). The molecule has 2 N–H and O–H groups in total. The summed E-state index contributed by atoms with van der Waals surface area (Å²) in [5, 5.41) is 8.41. The molecule has 0 spiro atoms. The van der Waals surface area contributed by atoms with Crippen molar-refractivity contribution in [2.75, 3.05) is 0 Å². The van der Waals surface area contributed by atoms with Crippen LogP contribution in [0, 0.1) is 5.82 Å². The van der Waals surface area contributed by atoms with E-state index in [0.717, 1.165) is 11.6 Å². The Kier molecular flexibility index (Phi) is 5.21. The number of amides is 1. The van der Waals surface area contributed by atoms with Crippen molar-refractivity contribution in [1.82, 2.24) is 10.0 Å². The number of rotatable bonds is 5. The summed E-state index contributed by atoms with van der Waals surface area (Å²) in [6.07, 6.45) is 4.64. The van der Waals surface area contributed by atoms with Gasteiger partial charge in [0.15, 0.2) is 0 Å². The Balaban J connectivity index is 2.11. The molecule has 0 saturated heterocycles. The van der Waals surface area contributed by atoms with Crippen molar-refractivity contribution in [2.24, 2.45) is 0 Å². The molecule has 1 aromatic heterocycles. The number of hydroxylamine groups is 1. The minimum atomic E-state index is -0.707. The number of carbonyl (C=O) groups excluding carboxylic acids is 1. The van der Waals surface area contributed by atoms with E-state index in [0.29, 0.717) is 18.5 Å². The van der Waals surface area contributed by atoms with Crippen molar-refractivity contribution in [2.45, 2.75) is 13.0 Å². The van der Waals surface area contributed by atoms with Crippen molar-refractivity contribution in [3.05, 3.63) is 76.0 Å². The van der Waals surface area contributed by atoms with Crippen LogP contribution in [0.1, 0.15) is 11.1 Å². The first-order chi connectivity index (χ1) is 10.6. The minimum absolute atomic E-state index is 0.244. The first kappa shape index (κ1) is 15.7. The summed E-state index contributed by atoms with van der Waals surface area (Å²) < 4.78 is 14.3. The highest BCUT2D eigenvalue weighted by molar-refractivity contribution is 5.90. The van der Waals surface area contributed by atoms with Crippen LogP contribution in [-0.2, 0) is 17.8 Å². The molecular formula is C16H15FN2O3. The van der Waals surface area contributed by atoms with Gasteiger partial charge < -0.3 is 4.57 Å². The number of hydrogen-bond acceptors (Lipinski definition) is 3. The SMILES string of the molecule is O=C(/C=C/c1cccn(CCc2ccc(F)cc2)c1=O)NO. The molecule has 0 bridgehead atoms. The van der Waals surface area contributed by atoms with E-state index in [-0.39, 0.29) is 11.4 Å². The van der Waals surface area contributed by atoms with Gasteiger partial charge in [-0.05, 0) is 42.3 Å². The third-order valence-electron chi connectivity index (χ3n) is 3.13. The van der Waals surface area contributed by atoms with Crippen molar-refractivity contribution in [3.8, 4) is 0 Å². The van der Waals surface area contributed by atoms with Crippen LogP contribution in [0.25, 0.3) is 6.08 Å². The Morgan fingerprint density at radius 3 is 2.68 bits per heavy atom. The topological polar surface area (TPSA) is 71.3 Å². The molecule has 2 aromatic rings. The van der Waals surface area contributed by atoms with Gasteiger partial charge >= 0.3 is 0 Å². The smallest absolute Gasteiger partial charge is 0.267 e. The second-order valence-electron chi connectivity index (χ2n) is 4.65. The highest BCUT2D eigenvalue weighted by atomic mass is 19.1. The molecule has 1 aromatic carbocycles. The van der Waals surface area contributed by atoms with Crippen LogP contribution in [0.5, 0.6) is 0 Å². The summed E-state index contributed by atoms with van der Waals surface area (Å²) in [5.41, 5.74) is 2.47. The van der Waals surface area contributed by atoms with Crippen molar-refractivity contribution in [3.63, 3.8) is 0 Å². The van der Waals surface area contributed by atoms with Gasteiger partial charge in [0.05, 0.1) is 0 Å². The lowest BCUT2D eigenvalue weighted by Gasteiger charge is -2.06. The van der Waals surface area contributed by atoms with E-state index in [1.807, 2.05) is 0 Å². The lowest BCUT2D eigenvalue weighted by Crippen LogP contribution is -2.22. The van der Waals surface area contributed by atoms with Crippen LogP contribution in [-0.4, -0.2) is 15.7 Å². The molecule has 1 heterocycles. The maximum Gasteiger partial charge on any atom is 0.267 e. The number of carbonyl (C=O) groups is 1. The molecule has 0 atom stereocenters. The van der Waals surface area contributed by atoms with Crippen LogP contribution >= 0.6 is 0 Å². The van der Waals surface area contributed by atoms with Crippen molar-refractivity contribution in [1.29, 1.82) is 0 Å². The molecule has 6 heteroatoms. The van der Waals surface area contributed by atoms with Gasteiger partial charge in [-0.2, -0.15) is 0 Å². The molecule has 5 nitrogen and oxygen atoms in total. The third kappa shape index (κ3) is 4.13. The number of pyridine rings is 1. The number of aromatic nitrogens is 1. The standard InChI is InChI=1S/C16H15FN2O3/c17-14-6-3-12(4-7-14)9-11-19-10-1-2-13(16(19)21)5-8-15(20)18-22/h1-8,10,22H,9,11H2,(H,18,20)/b8-5+. The Bertz CT molecular complexity index is 736. The fraction of sp³-hybridized carbons (Fsp3) is 0.125. The van der Waals surface area contributed by atoms with Gasteiger partial charge in [0.25, 0.3) is 11.5 Å². The zero-order valence-corrected chi connectivity index (χ0v) is 11.7. The van der Waals surface area contributed by atoms with E-state index in [1.54, 1.807) is 30.5 Å². The van der Waals surface area contributed by atoms with E-state index < -0.39 is 5.91 Å². The first-order valence-electron chi connectivity index (χ1n) is 6.66. The fourth-order valence-electron chi connectivity index (χ4n) is 1.96. The van der Waals surface area contributed by atoms with Crippen LogP contribution in [0.4, 0.5) is 4.39 Å². The Hall–Kier alpha value is -2.73. The molecule has 0 saturated carbocycles. The van der Waals surface area contributed by atoms with E-state index in [1.165, 1.54) is 28.3 Å². The molecule has 22 heavy (non-hydrogen) atoms. The minimum Gasteiger partial charge on any atom is -0.315 e. The molecule has 0 aliphatic carbocycles. The molecular weight excluding hydrogens is 287 g/mol. The maximum absolute atomic E-state index is 12.8. The van der Waals surface area contributed by atoms with Crippen LogP contribution in [0.3, 0.4) is 0 Å². The third-order valence-corrected chi connectivity index (χ3v) is 3.13. The van der Waals surface area contributed by atoms with Gasteiger partial charge in [-0.25, -0.2) is 9.87 Å². The number of halogens is 1. The van der Waals surface area contributed by atoms with Crippen molar-refractivity contribution >= 4 is 12.0 Å². The summed E-state index contributed by atoms with van der Waals surface area (Å²) in [5.74, 6) is -1.00. The molecule has 114 valence electrons. The largest absolute Gasteiger partial charge is 0.315 e. The van der Waals surface area contributed by atoms with E-state index in [2.05, 4.69) is 0 Å². The molecule has 0 aliphatic heterocycles. The van der Waals surface area contributed by atoms with E-state index in [4.69, 9.17) is 5.21 Å². The predicted molar refractivity (Wildman–Crippen MR) is 79.8 cm³/mol. The molecule has 0 radical (unpaired) electrons. The summed E-state index contributed by atoms with van der Waals surface area (Å²) in [6.45, 7) is 0.443. The van der Waals surface area contributed by atoms with E-state index >= 15 is 0 Å². The molecule has 0 aliphatic rings. The zero-order chi connectivity index (χ0) is 15.9. The quantitative estimate of drug-likeness (QED) is 0.502. The van der Waals surface area contributed by atoms with Gasteiger partial charge in [0.2, 0.25) is 0 Å². The summed E-state index contributed by atoms with van der Waals surface area (Å²) >= 11 is 0. The first-order valence-corrected chi connectivity index (χ1v) is 6.66. The normalized spacial score (nSPS) is 10.8. The van der Waals surface area contributed by atoms with Crippen LogP contribution < -0.4 is 11.0 Å². The summed E-state index contributed by atoms with van der Waals surface area (Å²) in [6, 6.07) is 9.39. The highest BCUT2D eigenvalue weighted by Gasteiger charge is 2.02. The number of nitrogens with one attached hydrogen (secondary N) is 1. The second-order valence-corrected chi connectivity index (χ2v) is 4.65. The van der Waals surface area contributed by atoms with Crippen molar-refractivity contribution < 1.29 is 14.4 Å². The van der Waals surface area contributed by atoms with Crippen LogP contribution in [0.15, 0.2) is 53.5 Å². The number of benzene rings is 1. The molecule has 0 fully saturated rings. The van der Waals surface area contributed by atoms with Gasteiger partial charge in [-0.1, -0.05) is 12.1 Å². The second kappa shape index (κ2) is 7.33. The number of hydrogen-bond donors (Lipinski definition) is 2. The average molecular weight is 302 g/mol. The molecule has 1 amide bonds. The van der Waals surface area contributed by atoms with Gasteiger partial charge in [0.1, 0.15) is 5.82 Å². The maximum atomic E-state index is 12.8. The summed E-state index contributed by atoms with van der Waals surface area (Å²) in [4.78, 5) is 23.1. The van der Waals surface area contributed by atoms with Gasteiger partial charge in [0, 0.05) is 24.4 Å². The predicted octanol–water partition coefficient (Wildman–Crippen LogP) is 1.75. The summed E-state index contributed by atoms with van der Waals surface area (Å²) in [7, 11) is 0. The van der Waals surface area contributed by atoms with Crippen LogP contribution in [0.2, 0.25) is 0 Å². The lowest BCUT2D eigenvalue weighted by molar-refractivity contribution is -0.124. The molecule has 0 unspecified atom stereocenters. The number of nitrogens with zero attached hydrogens (tertiary/aromatic N) is 1. The van der Waals surface area contributed by atoms with Gasteiger partial charge in [-0.3, -0.25) is 14.8 Å². The lowest BCUT2D eigenvalue weighted by atomic mass is 10.1.